The number of benzene rings is 1. The Kier molecular flexibility index (Phi) is 3.69. The Labute approximate surface area is 111 Å². The normalized spacial score (nSPS) is 24.6. The van der Waals surface area contributed by atoms with Gasteiger partial charge in [-0.05, 0) is 62.1 Å². The Hall–Kier alpha value is -0.820. The van der Waals surface area contributed by atoms with Crippen LogP contribution in [-0.2, 0) is 12.8 Å². The summed E-state index contributed by atoms with van der Waals surface area (Å²) in [5.41, 5.74) is 3.19. The summed E-state index contributed by atoms with van der Waals surface area (Å²) in [5.74, 6) is 1.92. The Balaban J connectivity index is 1.61. The molecule has 3 rings (SSSR count). The lowest BCUT2D eigenvalue weighted by atomic mass is 9.78. The minimum absolute atomic E-state index is 0.735. The topological polar surface area (TPSA) is 12.0 Å². The van der Waals surface area contributed by atoms with Gasteiger partial charge >= 0.3 is 0 Å². The molecule has 1 nitrogen and oxygen atoms in total. The van der Waals surface area contributed by atoms with Crippen LogP contribution in [0.1, 0.15) is 43.2 Å². The van der Waals surface area contributed by atoms with E-state index in [0.717, 1.165) is 17.9 Å². The van der Waals surface area contributed by atoms with E-state index in [1.54, 1.807) is 11.1 Å². The van der Waals surface area contributed by atoms with Gasteiger partial charge in [0, 0.05) is 6.04 Å². The molecule has 1 aromatic carbocycles. The van der Waals surface area contributed by atoms with Crippen LogP contribution in [0.3, 0.4) is 0 Å². The fraction of sp³-hybridized carbons (Fsp3) is 0.647. The van der Waals surface area contributed by atoms with Crippen LogP contribution in [0.2, 0.25) is 0 Å². The van der Waals surface area contributed by atoms with Crippen LogP contribution in [0.25, 0.3) is 0 Å². The van der Waals surface area contributed by atoms with Gasteiger partial charge in [0.25, 0.3) is 0 Å². The molecule has 0 radical (unpaired) electrons. The van der Waals surface area contributed by atoms with Gasteiger partial charge in [-0.2, -0.15) is 0 Å². The van der Waals surface area contributed by atoms with Gasteiger partial charge in [0.05, 0.1) is 0 Å². The number of fused-ring (bicyclic) bond motifs is 1. The van der Waals surface area contributed by atoms with E-state index in [1.807, 2.05) is 0 Å². The minimum Gasteiger partial charge on any atom is -0.317 e. The summed E-state index contributed by atoms with van der Waals surface area (Å²) in [6.45, 7) is 0. The van der Waals surface area contributed by atoms with E-state index in [4.69, 9.17) is 0 Å². The lowest BCUT2D eigenvalue weighted by Gasteiger charge is -2.31. The van der Waals surface area contributed by atoms with Gasteiger partial charge in [-0.1, -0.05) is 37.1 Å². The van der Waals surface area contributed by atoms with Gasteiger partial charge in [-0.25, -0.2) is 0 Å². The molecule has 0 bridgehead atoms. The molecule has 0 heterocycles. The highest BCUT2D eigenvalue weighted by atomic mass is 14.9. The second kappa shape index (κ2) is 5.44. The van der Waals surface area contributed by atoms with E-state index in [0.29, 0.717) is 0 Å². The molecule has 0 aliphatic heterocycles. The van der Waals surface area contributed by atoms with E-state index in [1.165, 1.54) is 44.9 Å². The van der Waals surface area contributed by atoms with Gasteiger partial charge < -0.3 is 5.32 Å². The molecule has 0 amide bonds. The van der Waals surface area contributed by atoms with Crippen molar-refractivity contribution < 1.29 is 0 Å². The van der Waals surface area contributed by atoms with Gasteiger partial charge in [0.1, 0.15) is 0 Å². The summed E-state index contributed by atoms with van der Waals surface area (Å²) in [4.78, 5) is 0. The zero-order valence-corrected chi connectivity index (χ0v) is 11.5. The summed E-state index contributed by atoms with van der Waals surface area (Å²) in [7, 11) is 2.15. The SMILES string of the molecule is CNC(CCC1CC1)C1CCc2ccccc2C1. The number of nitrogens with one attached hydrogen (secondary N) is 1. The molecule has 1 heteroatoms. The Morgan fingerprint density at radius 2 is 1.94 bits per heavy atom. The van der Waals surface area contributed by atoms with Crippen LogP contribution < -0.4 is 5.32 Å². The lowest BCUT2D eigenvalue weighted by Crippen LogP contribution is -2.36. The van der Waals surface area contributed by atoms with Gasteiger partial charge in [-0.15, -0.1) is 0 Å². The van der Waals surface area contributed by atoms with E-state index >= 15 is 0 Å². The van der Waals surface area contributed by atoms with Gasteiger partial charge in [0.15, 0.2) is 0 Å². The van der Waals surface area contributed by atoms with Crippen molar-refractivity contribution in [2.45, 2.75) is 51.0 Å². The van der Waals surface area contributed by atoms with E-state index < -0.39 is 0 Å². The largest absolute Gasteiger partial charge is 0.317 e. The van der Waals surface area contributed by atoms with Crippen LogP contribution in [0.4, 0.5) is 0 Å². The van der Waals surface area contributed by atoms with Crippen molar-refractivity contribution in [3.05, 3.63) is 35.4 Å². The molecule has 1 saturated carbocycles. The number of hydrogen-bond acceptors (Lipinski definition) is 1. The summed E-state index contributed by atoms with van der Waals surface area (Å²) in [6, 6.07) is 9.75. The Morgan fingerprint density at radius 1 is 1.17 bits per heavy atom. The van der Waals surface area contributed by atoms with E-state index in [2.05, 4.69) is 36.6 Å². The van der Waals surface area contributed by atoms with Crippen molar-refractivity contribution in [1.82, 2.24) is 5.32 Å². The predicted octanol–water partition coefficient (Wildman–Crippen LogP) is 3.57. The first kappa shape index (κ1) is 12.2. The fourth-order valence-electron chi connectivity index (χ4n) is 3.51. The molecule has 2 unspecified atom stereocenters. The van der Waals surface area contributed by atoms with Gasteiger partial charge in [-0.3, -0.25) is 0 Å². The predicted molar refractivity (Wildman–Crippen MR) is 76.8 cm³/mol. The van der Waals surface area contributed by atoms with Crippen molar-refractivity contribution >= 4 is 0 Å². The smallest absolute Gasteiger partial charge is 0.00957 e. The monoisotopic (exact) mass is 243 g/mol. The minimum atomic E-state index is 0.735. The van der Waals surface area contributed by atoms with Crippen molar-refractivity contribution in [2.24, 2.45) is 11.8 Å². The highest BCUT2D eigenvalue weighted by Crippen LogP contribution is 2.36. The third-order valence-corrected chi connectivity index (χ3v) is 4.91. The maximum Gasteiger partial charge on any atom is 0.00957 e. The fourth-order valence-corrected chi connectivity index (χ4v) is 3.51. The summed E-state index contributed by atoms with van der Waals surface area (Å²) in [6.07, 6.45) is 9.74. The first-order valence-corrected chi connectivity index (χ1v) is 7.61. The quantitative estimate of drug-likeness (QED) is 0.833. The third kappa shape index (κ3) is 2.77. The lowest BCUT2D eigenvalue weighted by molar-refractivity contribution is 0.311. The van der Waals surface area contributed by atoms with Crippen LogP contribution in [0.5, 0.6) is 0 Å². The zero-order valence-electron chi connectivity index (χ0n) is 11.5. The highest BCUT2D eigenvalue weighted by molar-refractivity contribution is 5.30. The van der Waals surface area contributed by atoms with Crippen LogP contribution in [0, 0.1) is 11.8 Å². The van der Waals surface area contributed by atoms with E-state index in [-0.39, 0.29) is 0 Å². The second-order valence-electron chi connectivity index (χ2n) is 6.19. The van der Waals surface area contributed by atoms with Crippen molar-refractivity contribution in [3.8, 4) is 0 Å². The van der Waals surface area contributed by atoms with Crippen LogP contribution in [-0.4, -0.2) is 13.1 Å². The molecule has 1 fully saturated rings. The first-order chi connectivity index (χ1) is 8.86. The number of aryl methyl sites for hydroxylation is 1. The summed E-state index contributed by atoms with van der Waals surface area (Å²) in [5, 5.41) is 3.59. The molecule has 98 valence electrons. The van der Waals surface area contributed by atoms with Crippen molar-refractivity contribution in [2.75, 3.05) is 7.05 Å². The first-order valence-electron chi connectivity index (χ1n) is 7.61. The molecule has 2 aliphatic rings. The second-order valence-corrected chi connectivity index (χ2v) is 6.19. The molecule has 0 saturated heterocycles. The van der Waals surface area contributed by atoms with Crippen LogP contribution in [0.15, 0.2) is 24.3 Å². The van der Waals surface area contributed by atoms with E-state index in [9.17, 15) is 0 Å². The van der Waals surface area contributed by atoms with Crippen molar-refractivity contribution in [3.63, 3.8) is 0 Å². The molecule has 0 spiro atoms. The molecular weight excluding hydrogens is 218 g/mol. The maximum absolute atomic E-state index is 3.59. The zero-order chi connectivity index (χ0) is 12.4. The third-order valence-electron chi connectivity index (χ3n) is 4.91. The molecule has 2 atom stereocenters. The van der Waals surface area contributed by atoms with Crippen molar-refractivity contribution in [1.29, 1.82) is 0 Å². The molecule has 2 aliphatic carbocycles. The average molecular weight is 243 g/mol. The standard InChI is InChI=1S/C17H25N/c1-18-17(11-8-13-6-7-13)16-10-9-14-4-2-3-5-15(14)12-16/h2-5,13,16-18H,6-12H2,1H3. The summed E-state index contributed by atoms with van der Waals surface area (Å²) >= 11 is 0. The van der Waals surface area contributed by atoms with Gasteiger partial charge in [0.2, 0.25) is 0 Å². The summed E-state index contributed by atoms with van der Waals surface area (Å²) < 4.78 is 0. The molecular formula is C17H25N. The molecule has 1 N–H and O–H groups in total. The highest BCUT2D eigenvalue weighted by Gasteiger charge is 2.27. The number of hydrogen-bond donors (Lipinski definition) is 1. The number of rotatable bonds is 5. The van der Waals surface area contributed by atoms with Crippen LogP contribution >= 0.6 is 0 Å². The molecule has 1 aromatic rings. The average Bonchev–Trinajstić information content (AvgIpc) is 3.23. The Morgan fingerprint density at radius 3 is 2.67 bits per heavy atom. The Bertz CT molecular complexity index is 394. The molecule has 18 heavy (non-hydrogen) atoms. The molecule has 0 aromatic heterocycles. The maximum atomic E-state index is 3.59.